The first-order valence-electron chi connectivity index (χ1n) is 8.80. The molecule has 0 saturated heterocycles. The lowest BCUT2D eigenvalue weighted by atomic mass is 10.2. The van der Waals surface area contributed by atoms with E-state index in [1.165, 1.54) is 25.4 Å². The molecule has 3 rings (SSSR count). The molecule has 0 amide bonds. The number of amidine groups is 1. The van der Waals surface area contributed by atoms with Gasteiger partial charge < -0.3 is 9.52 Å². The quantitative estimate of drug-likeness (QED) is 0.406. The fraction of sp³-hybridized carbons (Fsp3) is 0.136. The minimum Gasteiger partial charge on any atom is -0.466 e. The maximum absolute atomic E-state index is 13.0. The Hall–Kier alpha value is -3.34. The number of benzene rings is 2. The van der Waals surface area contributed by atoms with Crippen molar-refractivity contribution in [1.82, 2.24) is 4.31 Å². The average Bonchev–Trinajstić information content (AvgIpc) is 3.26. The topological polar surface area (TPSA) is 83.1 Å². The molecule has 6 nitrogen and oxygen atoms in total. The Morgan fingerprint density at radius 1 is 1.07 bits per heavy atom. The van der Waals surface area contributed by atoms with E-state index in [0.717, 1.165) is 9.87 Å². The fourth-order valence-electron chi connectivity index (χ4n) is 2.43. The minimum absolute atomic E-state index is 0.0256. The van der Waals surface area contributed by atoms with Crippen molar-refractivity contribution < 1.29 is 17.9 Å². The van der Waals surface area contributed by atoms with Crippen molar-refractivity contribution in [3.05, 3.63) is 84.3 Å². The maximum atomic E-state index is 13.0. The number of hydrogen-bond donors (Lipinski definition) is 1. The molecule has 0 bridgehead atoms. The number of rotatable bonds is 4. The highest BCUT2D eigenvalue weighted by molar-refractivity contribution is 7.89. The molecule has 0 spiro atoms. The van der Waals surface area contributed by atoms with Crippen LogP contribution in [0.2, 0.25) is 0 Å². The van der Waals surface area contributed by atoms with Crippen LogP contribution in [0.3, 0.4) is 0 Å². The summed E-state index contributed by atoms with van der Waals surface area (Å²) in [5, 5.41) is 10.2. The summed E-state index contributed by atoms with van der Waals surface area (Å²) in [5.74, 6) is 5.51. The van der Waals surface area contributed by atoms with Crippen molar-refractivity contribution in [3.63, 3.8) is 0 Å². The molecule has 0 aliphatic heterocycles. The monoisotopic (exact) mass is 408 g/mol. The smallest absolute Gasteiger partial charge is 0.265 e. The summed E-state index contributed by atoms with van der Waals surface area (Å²) in [4.78, 5) is 4.49. The van der Waals surface area contributed by atoms with Gasteiger partial charge in [0.25, 0.3) is 10.0 Å². The Balaban J connectivity index is 2.01. The molecule has 7 heteroatoms. The lowest BCUT2D eigenvalue weighted by Gasteiger charge is -2.18. The molecule has 0 aliphatic carbocycles. The van der Waals surface area contributed by atoms with Crippen LogP contribution >= 0.6 is 0 Å². The van der Waals surface area contributed by atoms with Crippen LogP contribution in [-0.4, -0.2) is 30.7 Å². The molecule has 1 atom stereocenters. The third kappa shape index (κ3) is 4.93. The number of hydrogen-bond acceptors (Lipinski definition) is 5. The zero-order chi connectivity index (χ0) is 20.9. The lowest BCUT2D eigenvalue weighted by Crippen LogP contribution is -2.32. The van der Waals surface area contributed by atoms with Crippen molar-refractivity contribution in [1.29, 1.82) is 0 Å². The van der Waals surface area contributed by atoms with Gasteiger partial charge in [-0.15, -0.1) is 0 Å². The van der Waals surface area contributed by atoms with E-state index in [4.69, 9.17) is 4.42 Å². The van der Waals surface area contributed by atoms with Crippen molar-refractivity contribution in [2.75, 3.05) is 7.05 Å². The summed E-state index contributed by atoms with van der Waals surface area (Å²) in [7, 11) is -2.50. The van der Waals surface area contributed by atoms with Gasteiger partial charge in [0.15, 0.2) is 11.9 Å². The normalized spacial score (nSPS) is 12.7. The Morgan fingerprint density at radius 3 is 2.38 bits per heavy atom. The van der Waals surface area contributed by atoms with E-state index < -0.39 is 16.1 Å². The second kappa shape index (κ2) is 8.78. The number of aryl methyl sites for hydroxylation is 1. The van der Waals surface area contributed by atoms with Crippen molar-refractivity contribution in [2.24, 2.45) is 4.99 Å². The van der Waals surface area contributed by atoms with E-state index >= 15 is 0 Å². The molecule has 0 radical (unpaired) electrons. The average molecular weight is 408 g/mol. The van der Waals surface area contributed by atoms with Gasteiger partial charge in [0, 0.05) is 7.05 Å². The Morgan fingerprint density at radius 2 is 1.76 bits per heavy atom. The summed E-state index contributed by atoms with van der Waals surface area (Å²) in [6.45, 7) is 1.88. The highest BCUT2D eigenvalue weighted by atomic mass is 32.2. The van der Waals surface area contributed by atoms with Crippen LogP contribution in [0.15, 0.2) is 87.3 Å². The SMILES string of the molecule is Cc1ccc(S(=O)(=O)N(C)C(C#CC(O)c2ccco2)=Nc2ccccc2)cc1. The number of aliphatic imine (C=N–C) groups is 1. The van der Waals surface area contributed by atoms with Gasteiger partial charge in [0.05, 0.1) is 16.8 Å². The van der Waals surface area contributed by atoms with Crippen molar-refractivity contribution in [2.45, 2.75) is 17.9 Å². The molecule has 1 heterocycles. The molecule has 1 unspecified atom stereocenters. The first-order valence-corrected chi connectivity index (χ1v) is 10.2. The molecule has 0 saturated carbocycles. The number of nitrogens with zero attached hydrogens (tertiary/aromatic N) is 2. The highest BCUT2D eigenvalue weighted by Crippen LogP contribution is 2.18. The van der Waals surface area contributed by atoms with Crippen LogP contribution in [0, 0.1) is 18.8 Å². The van der Waals surface area contributed by atoms with Gasteiger partial charge in [0.1, 0.15) is 5.76 Å². The van der Waals surface area contributed by atoms with Gasteiger partial charge in [-0.05, 0) is 49.2 Å². The molecular formula is C22H20N2O4S. The van der Waals surface area contributed by atoms with Gasteiger partial charge in [0.2, 0.25) is 0 Å². The third-order valence-electron chi connectivity index (χ3n) is 4.10. The molecule has 29 heavy (non-hydrogen) atoms. The van der Waals surface area contributed by atoms with Crippen LogP contribution in [0.1, 0.15) is 17.4 Å². The Bertz CT molecular complexity index is 1140. The summed E-state index contributed by atoms with van der Waals surface area (Å²) in [6, 6.07) is 18.6. The van der Waals surface area contributed by atoms with Gasteiger partial charge in [-0.25, -0.2) is 17.7 Å². The molecule has 2 aromatic carbocycles. The van der Waals surface area contributed by atoms with Crippen molar-refractivity contribution in [3.8, 4) is 11.8 Å². The van der Waals surface area contributed by atoms with Crippen LogP contribution < -0.4 is 0 Å². The number of aliphatic hydroxyl groups is 1. The zero-order valence-electron chi connectivity index (χ0n) is 16.0. The predicted molar refractivity (Wildman–Crippen MR) is 111 cm³/mol. The maximum Gasteiger partial charge on any atom is 0.265 e. The van der Waals surface area contributed by atoms with Gasteiger partial charge in [-0.1, -0.05) is 41.8 Å². The largest absolute Gasteiger partial charge is 0.466 e. The number of sulfonamides is 1. The Labute approximate surface area is 170 Å². The number of para-hydroxylation sites is 1. The van der Waals surface area contributed by atoms with Crippen LogP contribution in [-0.2, 0) is 10.0 Å². The third-order valence-corrected chi connectivity index (χ3v) is 5.86. The molecule has 0 fully saturated rings. The Kier molecular flexibility index (Phi) is 6.17. The molecule has 0 aliphatic rings. The van der Waals surface area contributed by atoms with Crippen LogP contribution in [0.5, 0.6) is 0 Å². The molecular weight excluding hydrogens is 388 g/mol. The fourth-order valence-corrected chi connectivity index (χ4v) is 3.55. The second-order valence-electron chi connectivity index (χ2n) is 6.24. The van der Waals surface area contributed by atoms with E-state index in [-0.39, 0.29) is 16.5 Å². The molecule has 148 valence electrons. The summed E-state index contributed by atoms with van der Waals surface area (Å²) in [6.07, 6.45) is 0.217. The van der Waals surface area contributed by atoms with Gasteiger partial charge in [-0.2, -0.15) is 0 Å². The molecule has 3 aromatic rings. The van der Waals surface area contributed by atoms with Gasteiger partial charge in [-0.3, -0.25) is 0 Å². The number of furan rings is 1. The van der Waals surface area contributed by atoms with E-state index in [1.807, 2.05) is 13.0 Å². The highest BCUT2D eigenvalue weighted by Gasteiger charge is 2.23. The van der Waals surface area contributed by atoms with E-state index in [2.05, 4.69) is 16.8 Å². The van der Waals surface area contributed by atoms with Crippen LogP contribution in [0.25, 0.3) is 0 Å². The second-order valence-corrected chi connectivity index (χ2v) is 8.21. The lowest BCUT2D eigenvalue weighted by molar-refractivity contribution is 0.206. The van der Waals surface area contributed by atoms with E-state index in [0.29, 0.717) is 5.69 Å². The van der Waals surface area contributed by atoms with Crippen molar-refractivity contribution >= 4 is 21.5 Å². The first kappa shape index (κ1) is 20.4. The summed E-state index contributed by atoms with van der Waals surface area (Å²) < 4.78 is 32.2. The summed E-state index contributed by atoms with van der Waals surface area (Å²) >= 11 is 0. The molecule has 1 N–H and O–H groups in total. The standard InChI is InChI=1S/C22H20N2O4S/c1-17-10-12-19(13-11-17)29(26,27)24(2)22(23-18-7-4-3-5-8-18)15-14-20(25)21-9-6-16-28-21/h3-13,16,20,25H,1-2H3. The predicted octanol–water partition coefficient (Wildman–Crippen LogP) is 3.68. The van der Waals surface area contributed by atoms with Gasteiger partial charge >= 0.3 is 0 Å². The first-order chi connectivity index (χ1) is 13.9. The van der Waals surface area contributed by atoms with E-state index in [1.54, 1.807) is 48.5 Å². The number of aliphatic hydroxyl groups excluding tert-OH is 1. The van der Waals surface area contributed by atoms with E-state index in [9.17, 15) is 13.5 Å². The molecule has 1 aromatic heterocycles. The zero-order valence-corrected chi connectivity index (χ0v) is 16.8. The minimum atomic E-state index is -3.88. The summed E-state index contributed by atoms with van der Waals surface area (Å²) in [5.41, 5.74) is 1.49. The van der Waals surface area contributed by atoms with Crippen LogP contribution in [0.4, 0.5) is 5.69 Å².